The fourth-order valence-corrected chi connectivity index (χ4v) is 3.20. The van der Waals surface area contributed by atoms with E-state index in [1.54, 1.807) is 13.3 Å². The molecule has 1 aliphatic rings. The number of carbonyl (C=O) groups excluding carboxylic acids is 1. The highest BCUT2D eigenvalue weighted by Gasteiger charge is 2.26. The van der Waals surface area contributed by atoms with E-state index in [4.69, 9.17) is 16.3 Å². The summed E-state index contributed by atoms with van der Waals surface area (Å²) < 4.78 is 5.28. The zero-order chi connectivity index (χ0) is 14.1. The van der Waals surface area contributed by atoms with E-state index >= 15 is 0 Å². The Morgan fingerprint density at radius 1 is 1.35 bits per heavy atom. The summed E-state index contributed by atoms with van der Waals surface area (Å²) in [6.07, 6.45) is 5.77. The molecule has 3 nitrogen and oxygen atoms in total. The van der Waals surface area contributed by atoms with Gasteiger partial charge in [-0.05, 0) is 18.9 Å². The Hall–Kier alpha value is -1.61. The summed E-state index contributed by atoms with van der Waals surface area (Å²) in [5, 5.41) is 1.26. The smallest absolute Gasteiger partial charge is 0.169 e. The Bertz CT molecular complexity index is 663. The molecule has 4 heteroatoms. The lowest BCUT2D eigenvalue weighted by Gasteiger charge is -2.12. The number of ketones is 1. The van der Waals surface area contributed by atoms with Crippen LogP contribution in [0.2, 0.25) is 5.02 Å². The van der Waals surface area contributed by atoms with Crippen LogP contribution in [0.3, 0.4) is 0 Å². The Kier molecular flexibility index (Phi) is 3.62. The van der Waals surface area contributed by atoms with E-state index in [9.17, 15) is 4.79 Å². The van der Waals surface area contributed by atoms with Gasteiger partial charge in [-0.3, -0.25) is 9.78 Å². The molecule has 1 fully saturated rings. The minimum Gasteiger partial charge on any atom is -0.494 e. The number of methoxy groups -OCH3 is 1. The molecule has 0 bridgehead atoms. The van der Waals surface area contributed by atoms with Gasteiger partial charge in [-0.1, -0.05) is 36.6 Å². The van der Waals surface area contributed by atoms with Crippen LogP contribution in [0.1, 0.15) is 36.0 Å². The van der Waals surface area contributed by atoms with E-state index < -0.39 is 0 Å². The summed E-state index contributed by atoms with van der Waals surface area (Å²) in [6.45, 7) is 0. The number of para-hydroxylation sites is 1. The van der Waals surface area contributed by atoms with Crippen molar-refractivity contribution in [3.63, 3.8) is 0 Å². The third kappa shape index (κ3) is 2.16. The minimum absolute atomic E-state index is 0.109. The molecule has 1 saturated carbocycles. The number of ether oxygens (including phenoxy) is 1. The molecule has 0 amide bonds. The van der Waals surface area contributed by atoms with Crippen LogP contribution in [0.25, 0.3) is 10.9 Å². The number of hydrogen-bond donors (Lipinski definition) is 0. The lowest BCUT2D eigenvalue weighted by Crippen LogP contribution is -2.12. The van der Waals surface area contributed by atoms with E-state index in [1.807, 2.05) is 18.2 Å². The summed E-state index contributed by atoms with van der Waals surface area (Å²) in [5.41, 5.74) is 1.24. The molecule has 0 saturated heterocycles. The number of aromatic nitrogens is 1. The Balaban J connectivity index is 2.09. The topological polar surface area (TPSA) is 39.2 Å². The van der Waals surface area contributed by atoms with Crippen molar-refractivity contribution in [3.05, 3.63) is 35.0 Å². The predicted molar refractivity (Wildman–Crippen MR) is 79.6 cm³/mol. The van der Waals surface area contributed by atoms with Crippen LogP contribution in [-0.2, 0) is 0 Å². The first-order valence-electron chi connectivity index (χ1n) is 6.88. The zero-order valence-electron chi connectivity index (χ0n) is 11.4. The molecule has 1 aliphatic carbocycles. The van der Waals surface area contributed by atoms with Gasteiger partial charge in [0.25, 0.3) is 0 Å². The summed E-state index contributed by atoms with van der Waals surface area (Å²) in [6, 6.07) is 5.57. The molecule has 2 aromatic rings. The average Bonchev–Trinajstić information content (AvgIpc) is 3.01. The second-order valence-electron chi connectivity index (χ2n) is 5.19. The van der Waals surface area contributed by atoms with Crippen molar-refractivity contribution < 1.29 is 9.53 Å². The van der Waals surface area contributed by atoms with Crippen molar-refractivity contribution in [2.24, 2.45) is 5.92 Å². The lowest BCUT2D eigenvalue weighted by atomic mass is 9.96. The maximum absolute atomic E-state index is 12.5. The molecule has 1 aromatic carbocycles. The van der Waals surface area contributed by atoms with E-state index in [1.165, 1.54) is 0 Å². The molecule has 20 heavy (non-hydrogen) atoms. The van der Waals surface area contributed by atoms with Crippen LogP contribution in [0.5, 0.6) is 5.75 Å². The molecule has 3 rings (SSSR count). The normalized spacial score (nSPS) is 15.7. The average molecular weight is 290 g/mol. The first kappa shape index (κ1) is 13.4. The molecule has 104 valence electrons. The number of rotatable bonds is 3. The number of pyridine rings is 1. The van der Waals surface area contributed by atoms with Crippen molar-refractivity contribution in [2.45, 2.75) is 25.7 Å². The minimum atomic E-state index is 0.109. The van der Waals surface area contributed by atoms with Crippen LogP contribution in [0, 0.1) is 5.92 Å². The van der Waals surface area contributed by atoms with Crippen LogP contribution < -0.4 is 4.74 Å². The fourth-order valence-electron chi connectivity index (χ4n) is 2.91. The number of halogens is 1. The van der Waals surface area contributed by atoms with Gasteiger partial charge in [0.05, 0.1) is 17.7 Å². The third-order valence-corrected chi connectivity index (χ3v) is 4.41. The van der Waals surface area contributed by atoms with Crippen molar-refractivity contribution >= 4 is 28.3 Å². The van der Waals surface area contributed by atoms with Crippen LogP contribution in [0.4, 0.5) is 0 Å². The zero-order valence-corrected chi connectivity index (χ0v) is 12.1. The second kappa shape index (κ2) is 5.41. The van der Waals surface area contributed by atoms with Crippen molar-refractivity contribution in [3.8, 4) is 5.75 Å². The predicted octanol–water partition coefficient (Wildman–Crippen LogP) is 4.27. The summed E-state index contributed by atoms with van der Waals surface area (Å²) in [5.74, 6) is 0.909. The van der Waals surface area contributed by atoms with E-state index in [0.29, 0.717) is 21.9 Å². The molecular weight excluding hydrogens is 274 g/mol. The Morgan fingerprint density at radius 2 is 2.10 bits per heavy atom. The highest BCUT2D eigenvalue weighted by molar-refractivity contribution is 6.38. The monoisotopic (exact) mass is 289 g/mol. The molecule has 0 radical (unpaired) electrons. The number of nitrogens with zero attached hydrogens (tertiary/aromatic N) is 1. The fraction of sp³-hybridized carbons (Fsp3) is 0.375. The largest absolute Gasteiger partial charge is 0.494 e. The quantitative estimate of drug-likeness (QED) is 0.792. The maximum Gasteiger partial charge on any atom is 0.169 e. The molecule has 0 N–H and O–H groups in total. The SMILES string of the molecule is COc1cccc2c(Cl)c(C(=O)C3CCCC3)cnc12. The highest BCUT2D eigenvalue weighted by atomic mass is 35.5. The lowest BCUT2D eigenvalue weighted by molar-refractivity contribution is 0.0923. The third-order valence-electron chi connectivity index (χ3n) is 4.01. The molecule has 1 heterocycles. The van der Waals surface area contributed by atoms with Crippen molar-refractivity contribution in [1.82, 2.24) is 4.98 Å². The molecule has 0 unspecified atom stereocenters. The first-order valence-corrected chi connectivity index (χ1v) is 7.25. The van der Waals surface area contributed by atoms with Gasteiger partial charge in [0.2, 0.25) is 0 Å². The molecule has 0 aliphatic heterocycles. The van der Waals surface area contributed by atoms with Crippen LogP contribution in [0.15, 0.2) is 24.4 Å². The van der Waals surface area contributed by atoms with Crippen LogP contribution >= 0.6 is 11.6 Å². The van der Waals surface area contributed by atoms with E-state index in [0.717, 1.165) is 31.1 Å². The van der Waals surface area contributed by atoms with Gasteiger partial charge in [0.1, 0.15) is 11.3 Å². The number of Topliss-reactive ketones (excluding diaryl/α,β-unsaturated/α-hetero) is 1. The van der Waals surface area contributed by atoms with Crippen LogP contribution in [-0.4, -0.2) is 17.9 Å². The van der Waals surface area contributed by atoms with Crippen molar-refractivity contribution in [1.29, 1.82) is 0 Å². The van der Waals surface area contributed by atoms with Gasteiger partial charge in [0.15, 0.2) is 5.78 Å². The number of carbonyl (C=O) groups is 1. The van der Waals surface area contributed by atoms with Gasteiger partial charge in [0, 0.05) is 17.5 Å². The number of benzene rings is 1. The van der Waals surface area contributed by atoms with Gasteiger partial charge < -0.3 is 4.74 Å². The molecular formula is C16H16ClNO2. The summed E-state index contributed by atoms with van der Waals surface area (Å²) >= 11 is 6.43. The number of hydrogen-bond acceptors (Lipinski definition) is 3. The molecule has 1 aromatic heterocycles. The molecule has 0 spiro atoms. The van der Waals surface area contributed by atoms with Gasteiger partial charge in [-0.2, -0.15) is 0 Å². The summed E-state index contributed by atoms with van der Waals surface area (Å²) in [4.78, 5) is 16.9. The summed E-state index contributed by atoms with van der Waals surface area (Å²) in [7, 11) is 1.60. The Labute approximate surface area is 122 Å². The second-order valence-corrected chi connectivity index (χ2v) is 5.57. The molecule has 0 atom stereocenters. The van der Waals surface area contributed by atoms with Gasteiger partial charge >= 0.3 is 0 Å². The first-order chi connectivity index (χ1) is 9.72. The Morgan fingerprint density at radius 3 is 2.80 bits per heavy atom. The van der Waals surface area contributed by atoms with Gasteiger partial charge in [-0.25, -0.2) is 0 Å². The highest BCUT2D eigenvalue weighted by Crippen LogP contribution is 2.35. The van der Waals surface area contributed by atoms with Gasteiger partial charge in [-0.15, -0.1) is 0 Å². The standard InChI is InChI=1S/C16H16ClNO2/c1-20-13-8-4-7-11-14(17)12(9-18-15(11)13)16(19)10-5-2-3-6-10/h4,7-10H,2-3,5-6H2,1H3. The maximum atomic E-state index is 12.5. The van der Waals surface area contributed by atoms with E-state index in [-0.39, 0.29) is 11.7 Å². The van der Waals surface area contributed by atoms with Crippen molar-refractivity contribution in [2.75, 3.05) is 7.11 Å². The van der Waals surface area contributed by atoms with E-state index in [2.05, 4.69) is 4.98 Å². The number of fused-ring (bicyclic) bond motifs is 1.